The number of aromatic nitrogens is 1. The normalized spacial score (nSPS) is 12.4. The second-order valence-corrected chi connectivity index (χ2v) is 4.77. The zero-order valence-corrected chi connectivity index (χ0v) is 11.7. The molecule has 1 N–H and O–H groups in total. The van der Waals surface area contributed by atoms with E-state index in [9.17, 15) is 8.78 Å². The van der Waals surface area contributed by atoms with Crippen molar-refractivity contribution in [1.29, 1.82) is 0 Å². The van der Waals surface area contributed by atoms with Gasteiger partial charge in [-0.25, -0.2) is 8.78 Å². The van der Waals surface area contributed by atoms with Crippen LogP contribution in [0.2, 0.25) is 0 Å². The molecule has 1 heterocycles. The number of hydrogen-bond donors (Lipinski definition) is 1. The lowest BCUT2D eigenvalue weighted by atomic mass is 10.0. The Morgan fingerprint density at radius 2 is 2.05 bits per heavy atom. The molecule has 0 unspecified atom stereocenters. The highest BCUT2D eigenvalue weighted by atomic mass is 19.1. The van der Waals surface area contributed by atoms with Crippen molar-refractivity contribution >= 4 is 0 Å². The van der Waals surface area contributed by atoms with E-state index in [1.807, 2.05) is 26.0 Å². The molecular weight excluding hydrogens is 258 g/mol. The number of halogens is 2. The van der Waals surface area contributed by atoms with Crippen LogP contribution < -0.4 is 5.32 Å². The first kappa shape index (κ1) is 14.6. The van der Waals surface area contributed by atoms with E-state index in [1.165, 1.54) is 12.1 Å². The minimum Gasteiger partial charge on any atom is -0.304 e. The van der Waals surface area contributed by atoms with Crippen LogP contribution in [-0.4, -0.2) is 4.98 Å². The molecule has 0 aliphatic heterocycles. The first-order valence-electron chi connectivity index (χ1n) is 6.70. The van der Waals surface area contributed by atoms with Crippen molar-refractivity contribution in [2.75, 3.05) is 0 Å². The van der Waals surface area contributed by atoms with E-state index >= 15 is 0 Å². The first-order valence-corrected chi connectivity index (χ1v) is 6.70. The van der Waals surface area contributed by atoms with Crippen LogP contribution in [-0.2, 0) is 6.54 Å². The predicted octanol–water partition coefficient (Wildman–Crippen LogP) is 3.91. The lowest BCUT2D eigenvalue weighted by molar-refractivity contribution is 0.478. The van der Waals surface area contributed by atoms with E-state index in [2.05, 4.69) is 10.3 Å². The average Bonchev–Trinajstić information content (AvgIpc) is 2.45. The smallest absolute Gasteiger partial charge is 0.128 e. The highest BCUT2D eigenvalue weighted by Gasteiger charge is 2.15. The third kappa shape index (κ3) is 3.39. The van der Waals surface area contributed by atoms with Crippen molar-refractivity contribution in [3.63, 3.8) is 0 Å². The van der Waals surface area contributed by atoms with Crippen LogP contribution in [0.5, 0.6) is 0 Å². The van der Waals surface area contributed by atoms with Crippen LogP contribution in [0.1, 0.15) is 36.2 Å². The number of rotatable bonds is 5. The van der Waals surface area contributed by atoms with Crippen molar-refractivity contribution < 1.29 is 8.78 Å². The van der Waals surface area contributed by atoms with Gasteiger partial charge in [-0.15, -0.1) is 0 Å². The van der Waals surface area contributed by atoms with Gasteiger partial charge in [0.05, 0.1) is 5.69 Å². The van der Waals surface area contributed by atoms with Crippen molar-refractivity contribution in [2.24, 2.45) is 0 Å². The SMILES string of the molecule is CC[C@H](NCc1ncccc1C)c1cc(F)ccc1F. The average molecular weight is 276 g/mol. The maximum Gasteiger partial charge on any atom is 0.128 e. The molecule has 0 saturated carbocycles. The number of hydrogen-bond acceptors (Lipinski definition) is 2. The minimum atomic E-state index is -0.421. The Hall–Kier alpha value is -1.81. The first-order chi connectivity index (χ1) is 9.61. The molecule has 2 rings (SSSR count). The summed E-state index contributed by atoms with van der Waals surface area (Å²) in [5.74, 6) is -0.806. The molecule has 20 heavy (non-hydrogen) atoms. The quantitative estimate of drug-likeness (QED) is 0.895. The van der Waals surface area contributed by atoms with Gasteiger partial charge in [-0.05, 0) is 43.2 Å². The summed E-state index contributed by atoms with van der Waals surface area (Å²) in [5, 5.41) is 3.24. The molecule has 1 aromatic heterocycles. The Bertz CT molecular complexity index is 584. The molecule has 2 nitrogen and oxygen atoms in total. The van der Waals surface area contributed by atoms with Crippen LogP contribution in [0.3, 0.4) is 0 Å². The van der Waals surface area contributed by atoms with Gasteiger partial charge in [0.15, 0.2) is 0 Å². The molecule has 0 aliphatic rings. The molecule has 2 aromatic rings. The van der Waals surface area contributed by atoms with Gasteiger partial charge < -0.3 is 5.32 Å². The van der Waals surface area contributed by atoms with Crippen molar-refractivity contribution in [3.05, 3.63) is 65.0 Å². The molecule has 0 saturated heterocycles. The fraction of sp³-hybridized carbons (Fsp3) is 0.312. The molecule has 0 radical (unpaired) electrons. The molecule has 0 spiro atoms. The van der Waals surface area contributed by atoms with Crippen LogP contribution in [0, 0.1) is 18.6 Å². The number of aryl methyl sites for hydroxylation is 1. The fourth-order valence-corrected chi connectivity index (χ4v) is 2.18. The Balaban J connectivity index is 2.13. The van der Waals surface area contributed by atoms with Gasteiger partial charge in [0.1, 0.15) is 11.6 Å². The highest BCUT2D eigenvalue weighted by Crippen LogP contribution is 2.21. The van der Waals surface area contributed by atoms with Crippen molar-refractivity contribution in [2.45, 2.75) is 32.9 Å². The van der Waals surface area contributed by atoms with E-state index in [-0.39, 0.29) is 11.9 Å². The third-order valence-corrected chi connectivity index (χ3v) is 3.38. The summed E-state index contributed by atoms with van der Waals surface area (Å²) in [7, 11) is 0. The van der Waals surface area contributed by atoms with Crippen LogP contribution in [0.15, 0.2) is 36.5 Å². The zero-order valence-electron chi connectivity index (χ0n) is 11.7. The molecule has 1 aromatic carbocycles. The molecule has 106 valence electrons. The van der Waals surface area contributed by atoms with Crippen molar-refractivity contribution in [1.82, 2.24) is 10.3 Å². The molecular formula is C16H18F2N2. The molecule has 0 bridgehead atoms. The molecule has 0 amide bonds. The molecule has 4 heteroatoms. The van der Waals surface area contributed by atoms with Gasteiger partial charge in [-0.2, -0.15) is 0 Å². The van der Waals surface area contributed by atoms with E-state index in [4.69, 9.17) is 0 Å². The van der Waals surface area contributed by atoms with E-state index < -0.39 is 5.82 Å². The number of pyridine rings is 1. The number of nitrogens with one attached hydrogen (secondary N) is 1. The van der Waals surface area contributed by atoms with E-state index in [0.29, 0.717) is 18.5 Å². The summed E-state index contributed by atoms with van der Waals surface area (Å²) >= 11 is 0. The van der Waals surface area contributed by atoms with Crippen LogP contribution >= 0.6 is 0 Å². The Kier molecular flexibility index (Phi) is 4.79. The summed E-state index contributed by atoms with van der Waals surface area (Å²) in [4.78, 5) is 4.29. The molecule has 0 fully saturated rings. The summed E-state index contributed by atoms with van der Waals surface area (Å²) in [6.45, 7) is 4.45. The predicted molar refractivity (Wildman–Crippen MR) is 75.2 cm³/mol. The summed E-state index contributed by atoms with van der Waals surface area (Å²) in [5.41, 5.74) is 2.36. The van der Waals surface area contributed by atoms with Gasteiger partial charge in [0.2, 0.25) is 0 Å². The third-order valence-electron chi connectivity index (χ3n) is 3.38. The molecule has 1 atom stereocenters. The zero-order chi connectivity index (χ0) is 14.5. The second kappa shape index (κ2) is 6.57. The van der Waals surface area contributed by atoms with Gasteiger partial charge in [0.25, 0.3) is 0 Å². The van der Waals surface area contributed by atoms with Crippen molar-refractivity contribution in [3.8, 4) is 0 Å². The Morgan fingerprint density at radius 1 is 1.25 bits per heavy atom. The maximum absolute atomic E-state index is 13.8. The van der Waals surface area contributed by atoms with Gasteiger partial charge in [-0.3, -0.25) is 4.98 Å². The van der Waals surface area contributed by atoms with Crippen LogP contribution in [0.25, 0.3) is 0 Å². The second-order valence-electron chi connectivity index (χ2n) is 4.77. The van der Waals surface area contributed by atoms with Gasteiger partial charge in [-0.1, -0.05) is 13.0 Å². The standard InChI is InChI=1S/C16H18F2N2/c1-3-15(13-9-12(17)6-7-14(13)18)20-10-16-11(2)5-4-8-19-16/h4-9,15,20H,3,10H2,1-2H3/t15-/m0/s1. The van der Waals surface area contributed by atoms with Gasteiger partial charge in [0, 0.05) is 24.3 Å². The lowest BCUT2D eigenvalue weighted by Gasteiger charge is -2.18. The highest BCUT2D eigenvalue weighted by molar-refractivity contribution is 5.23. The molecule has 0 aliphatic carbocycles. The van der Waals surface area contributed by atoms with Gasteiger partial charge >= 0.3 is 0 Å². The van der Waals surface area contributed by atoms with E-state index in [1.54, 1.807) is 6.20 Å². The topological polar surface area (TPSA) is 24.9 Å². The summed E-state index contributed by atoms with van der Waals surface area (Å²) in [6, 6.07) is 7.18. The minimum absolute atomic E-state index is 0.230. The summed E-state index contributed by atoms with van der Waals surface area (Å²) < 4.78 is 27.1. The van der Waals surface area contributed by atoms with Crippen LogP contribution in [0.4, 0.5) is 8.78 Å². The van der Waals surface area contributed by atoms with E-state index in [0.717, 1.165) is 17.3 Å². The number of nitrogens with zero attached hydrogens (tertiary/aromatic N) is 1. The largest absolute Gasteiger partial charge is 0.304 e. The fourth-order valence-electron chi connectivity index (χ4n) is 2.18. The monoisotopic (exact) mass is 276 g/mol. The number of benzene rings is 1. The Labute approximate surface area is 117 Å². The maximum atomic E-state index is 13.8. The lowest BCUT2D eigenvalue weighted by Crippen LogP contribution is -2.22. The Morgan fingerprint density at radius 3 is 2.75 bits per heavy atom. The summed E-state index contributed by atoms with van der Waals surface area (Å²) in [6.07, 6.45) is 2.40.